The van der Waals surface area contributed by atoms with Gasteiger partial charge < -0.3 is 5.11 Å². The lowest BCUT2D eigenvalue weighted by Crippen LogP contribution is -2.48. The van der Waals surface area contributed by atoms with Crippen molar-refractivity contribution in [2.24, 2.45) is 0 Å². The highest BCUT2D eigenvalue weighted by atomic mass is 19.3. The van der Waals surface area contributed by atoms with Crippen molar-refractivity contribution in [2.45, 2.75) is 12.0 Å². The molecule has 16 heavy (non-hydrogen) atoms. The molecule has 1 rings (SSSR count). The average molecular weight is 239 g/mol. The molecule has 0 atom stereocenters. The van der Waals surface area contributed by atoms with E-state index in [0.717, 1.165) is 0 Å². The fraction of sp³-hybridized carbons (Fsp3) is 0.250. The van der Waals surface area contributed by atoms with Gasteiger partial charge in [-0.3, -0.25) is 9.36 Å². The highest BCUT2D eigenvalue weighted by Crippen LogP contribution is 2.38. The Labute approximate surface area is 85.7 Å². The Morgan fingerprint density at radius 1 is 1.19 bits per heavy atom. The highest BCUT2D eigenvalue weighted by molar-refractivity contribution is 5.76. The van der Waals surface area contributed by atoms with Gasteiger partial charge in [0, 0.05) is 24.5 Å². The number of hydrogen-bond donors (Lipinski definition) is 1. The standard InChI is InChI=1S/C8H5F4NO3/c9-7(10,6(15)16)8(11,12)13-3-1-5(14)2-4-13/h1-4H,(H,15,16). The lowest BCUT2D eigenvalue weighted by atomic mass is 10.2. The van der Waals surface area contributed by atoms with Crippen LogP contribution in [0.4, 0.5) is 17.6 Å². The molecule has 0 aliphatic rings. The lowest BCUT2D eigenvalue weighted by molar-refractivity contribution is -0.260. The fourth-order valence-electron chi connectivity index (χ4n) is 0.891. The first-order valence-corrected chi connectivity index (χ1v) is 3.87. The van der Waals surface area contributed by atoms with Crippen LogP contribution in [-0.4, -0.2) is 21.6 Å². The van der Waals surface area contributed by atoms with E-state index in [-0.39, 0.29) is 4.57 Å². The predicted molar refractivity (Wildman–Crippen MR) is 43.5 cm³/mol. The van der Waals surface area contributed by atoms with Crippen LogP contribution in [0.3, 0.4) is 0 Å². The summed E-state index contributed by atoms with van der Waals surface area (Å²) in [5, 5.41) is 7.99. The van der Waals surface area contributed by atoms with Crippen LogP contribution in [0, 0.1) is 0 Å². The molecular weight excluding hydrogens is 234 g/mol. The minimum atomic E-state index is -5.26. The summed E-state index contributed by atoms with van der Waals surface area (Å²) in [6.07, 6.45) is 0.776. The third kappa shape index (κ3) is 1.77. The van der Waals surface area contributed by atoms with Gasteiger partial charge in [0.25, 0.3) is 0 Å². The number of halogens is 4. The Kier molecular flexibility index (Phi) is 2.76. The first-order valence-electron chi connectivity index (χ1n) is 3.87. The van der Waals surface area contributed by atoms with Crippen molar-refractivity contribution >= 4 is 5.97 Å². The number of aliphatic carboxylic acids is 1. The van der Waals surface area contributed by atoms with Crippen molar-refractivity contribution in [1.29, 1.82) is 0 Å². The molecule has 1 aromatic rings. The molecule has 1 N–H and O–H groups in total. The number of aromatic nitrogens is 1. The molecule has 4 nitrogen and oxygen atoms in total. The van der Waals surface area contributed by atoms with Crippen molar-refractivity contribution in [3.05, 3.63) is 34.7 Å². The highest BCUT2D eigenvalue weighted by Gasteiger charge is 2.63. The van der Waals surface area contributed by atoms with Crippen LogP contribution >= 0.6 is 0 Å². The maximum Gasteiger partial charge on any atom is 0.424 e. The van der Waals surface area contributed by atoms with E-state index in [1.54, 1.807) is 0 Å². The van der Waals surface area contributed by atoms with Gasteiger partial charge in [-0.05, 0) is 0 Å². The first kappa shape index (κ1) is 12.2. The number of carbonyl (C=O) groups is 1. The molecule has 0 spiro atoms. The molecule has 0 aliphatic carbocycles. The Bertz CT molecular complexity index is 448. The molecule has 0 unspecified atom stereocenters. The molecule has 0 aliphatic heterocycles. The number of nitrogens with zero attached hydrogens (tertiary/aromatic N) is 1. The summed E-state index contributed by atoms with van der Waals surface area (Å²) < 4.78 is 51.1. The number of rotatable bonds is 3. The number of carboxylic acids is 1. The summed E-state index contributed by atoms with van der Waals surface area (Å²) in [7, 11) is 0. The second-order valence-corrected chi connectivity index (χ2v) is 2.86. The zero-order valence-corrected chi connectivity index (χ0v) is 7.53. The van der Waals surface area contributed by atoms with E-state index in [1.165, 1.54) is 0 Å². The van der Waals surface area contributed by atoms with Crippen LogP contribution in [0.1, 0.15) is 0 Å². The molecule has 1 heterocycles. The van der Waals surface area contributed by atoms with E-state index in [1.807, 2.05) is 0 Å². The van der Waals surface area contributed by atoms with E-state index >= 15 is 0 Å². The molecule has 8 heteroatoms. The number of hydrogen-bond acceptors (Lipinski definition) is 2. The van der Waals surface area contributed by atoms with Crippen LogP contribution in [0.15, 0.2) is 29.3 Å². The molecular formula is C8H5F4NO3. The van der Waals surface area contributed by atoms with Gasteiger partial charge in [-0.25, -0.2) is 4.79 Å². The average Bonchev–Trinajstić information content (AvgIpc) is 2.17. The maximum absolute atomic E-state index is 13.0. The van der Waals surface area contributed by atoms with Gasteiger partial charge in [0.1, 0.15) is 0 Å². The van der Waals surface area contributed by atoms with Crippen LogP contribution < -0.4 is 5.43 Å². The quantitative estimate of drug-likeness (QED) is 0.804. The van der Waals surface area contributed by atoms with Gasteiger partial charge in [0.05, 0.1) is 0 Å². The van der Waals surface area contributed by atoms with Crippen molar-refractivity contribution < 1.29 is 27.5 Å². The van der Waals surface area contributed by atoms with Crippen LogP contribution in [0.2, 0.25) is 0 Å². The minimum absolute atomic E-state index is 0.331. The Balaban J connectivity index is 3.25. The molecule has 0 saturated carbocycles. The molecule has 0 radical (unpaired) electrons. The van der Waals surface area contributed by atoms with Crippen LogP contribution in [0.25, 0.3) is 0 Å². The van der Waals surface area contributed by atoms with Gasteiger partial charge >= 0.3 is 17.9 Å². The van der Waals surface area contributed by atoms with E-state index < -0.39 is 23.4 Å². The topological polar surface area (TPSA) is 59.3 Å². The largest absolute Gasteiger partial charge is 0.477 e. The molecule has 0 bridgehead atoms. The van der Waals surface area contributed by atoms with Gasteiger partial charge in [-0.2, -0.15) is 17.6 Å². The first-order chi connectivity index (χ1) is 7.19. The van der Waals surface area contributed by atoms with E-state index in [4.69, 9.17) is 5.11 Å². The van der Waals surface area contributed by atoms with E-state index in [2.05, 4.69) is 0 Å². The van der Waals surface area contributed by atoms with Crippen molar-refractivity contribution in [1.82, 2.24) is 4.57 Å². The monoisotopic (exact) mass is 239 g/mol. The molecule has 1 aromatic heterocycles. The maximum atomic E-state index is 13.0. The zero-order valence-electron chi connectivity index (χ0n) is 7.53. The smallest absolute Gasteiger partial charge is 0.424 e. The van der Waals surface area contributed by atoms with Gasteiger partial charge in [-0.1, -0.05) is 0 Å². The van der Waals surface area contributed by atoms with Gasteiger partial charge in [-0.15, -0.1) is 0 Å². The van der Waals surface area contributed by atoms with Crippen molar-refractivity contribution in [3.63, 3.8) is 0 Å². The van der Waals surface area contributed by atoms with Gasteiger partial charge in [0.15, 0.2) is 5.43 Å². The number of carboxylic acid groups (broad SMARTS) is 1. The second kappa shape index (κ2) is 3.62. The Morgan fingerprint density at radius 3 is 2.00 bits per heavy atom. The van der Waals surface area contributed by atoms with E-state index in [0.29, 0.717) is 24.5 Å². The zero-order chi connectivity index (χ0) is 12.6. The summed E-state index contributed by atoms with van der Waals surface area (Å²) in [6, 6.07) is -3.72. The van der Waals surface area contributed by atoms with E-state index in [9.17, 15) is 27.2 Å². The van der Waals surface area contributed by atoms with Crippen molar-refractivity contribution in [3.8, 4) is 0 Å². The molecule has 0 saturated heterocycles. The summed E-state index contributed by atoms with van der Waals surface area (Å²) >= 11 is 0. The summed E-state index contributed by atoms with van der Waals surface area (Å²) in [5.41, 5.74) is -0.661. The minimum Gasteiger partial charge on any atom is -0.477 e. The summed E-state index contributed by atoms with van der Waals surface area (Å²) in [4.78, 5) is 20.6. The van der Waals surface area contributed by atoms with Gasteiger partial charge in [0.2, 0.25) is 0 Å². The number of alkyl halides is 4. The summed E-state index contributed by atoms with van der Waals surface area (Å²) in [5.74, 6) is -8.21. The summed E-state index contributed by atoms with van der Waals surface area (Å²) in [6.45, 7) is 0. The molecule has 0 fully saturated rings. The number of pyridine rings is 1. The fourth-order valence-corrected chi connectivity index (χ4v) is 0.891. The third-order valence-corrected chi connectivity index (χ3v) is 1.77. The Morgan fingerprint density at radius 2 is 1.62 bits per heavy atom. The SMILES string of the molecule is O=C(O)C(F)(F)C(F)(F)n1ccc(=O)cc1. The van der Waals surface area contributed by atoms with Crippen LogP contribution in [-0.2, 0) is 10.8 Å². The third-order valence-electron chi connectivity index (χ3n) is 1.77. The molecule has 88 valence electrons. The lowest BCUT2D eigenvalue weighted by Gasteiger charge is -2.24. The van der Waals surface area contributed by atoms with Crippen LogP contribution in [0.5, 0.6) is 0 Å². The second-order valence-electron chi connectivity index (χ2n) is 2.86. The Hall–Kier alpha value is -1.86. The molecule has 0 amide bonds. The molecule has 0 aromatic carbocycles. The predicted octanol–water partition coefficient (Wildman–Crippen LogP) is 1.12. The normalized spacial score (nSPS) is 12.5. The van der Waals surface area contributed by atoms with Crippen molar-refractivity contribution in [2.75, 3.05) is 0 Å².